The van der Waals surface area contributed by atoms with E-state index < -0.39 is 5.54 Å². The van der Waals surface area contributed by atoms with Crippen LogP contribution >= 0.6 is 0 Å². The SMILES string of the molecule is CCC(C)C[N+]1(C)C(=O)C(C)(C)[N+](C)(C)C1=O. The Balaban J connectivity index is 3.20. The molecule has 2 unspecified atom stereocenters. The predicted octanol–water partition coefficient (Wildman–Crippen LogP) is 1.99. The Hall–Kier alpha value is -0.740. The highest BCUT2D eigenvalue weighted by atomic mass is 16.2. The van der Waals surface area contributed by atoms with Crippen molar-refractivity contribution in [1.29, 1.82) is 0 Å². The highest BCUT2D eigenvalue weighted by molar-refractivity contribution is 5.92. The summed E-state index contributed by atoms with van der Waals surface area (Å²) in [6.07, 6.45) is 0.988. The molecule has 0 aliphatic carbocycles. The molecule has 1 rings (SSSR count). The van der Waals surface area contributed by atoms with Crippen LogP contribution in [0.15, 0.2) is 0 Å². The van der Waals surface area contributed by atoms with Gasteiger partial charge >= 0.3 is 11.9 Å². The second kappa shape index (κ2) is 3.89. The van der Waals surface area contributed by atoms with E-state index in [0.29, 0.717) is 12.5 Å². The number of likely N-dealkylation sites (N-methyl/N-ethyl adjacent to an activating group) is 2. The molecule has 1 fully saturated rings. The minimum Gasteiger partial charge on any atom is -0.223 e. The molecule has 1 aliphatic rings. The summed E-state index contributed by atoms with van der Waals surface area (Å²) >= 11 is 0. The summed E-state index contributed by atoms with van der Waals surface area (Å²) in [5.74, 6) is 0.412. The quantitative estimate of drug-likeness (QED) is 0.560. The average Bonchev–Trinajstić information content (AvgIpc) is 2.32. The summed E-state index contributed by atoms with van der Waals surface area (Å²) in [5, 5.41) is 0. The molecule has 0 aromatic rings. The molecule has 4 heteroatoms. The Morgan fingerprint density at radius 3 is 1.94 bits per heavy atom. The number of amides is 3. The lowest BCUT2D eigenvalue weighted by Crippen LogP contribution is -2.56. The normalized spacial score (nSPS) is 32.9. The fourth-order valence-electron chi connectivity index (χ4n) is 2.63. The molecular formula is C13H26N2O2+2. The highest BCUT2D eigenvalue weighted by Gasteiger charge is 2.71. The number of imide groups is 1. The van der Waals surface area contributed by atoms with Gasteiger partial charge in [-0.2, -0.15) is 9.28 Å². The van der Waals surface area contributed by atoms with Gasteiger partial charge in [-0.1, -0.05) is 13.8 Å². The fraction of sp³-hybridized carbons (Fsp3) is 0.846. The Labute approximate surface area is 104 Å². The van der Waals surface area contributed by atoms with E-state index in [2.05, 4.69) is 13.8 Å². The van der Waals surface area contributed by atoms with E-state index in [-0.39, 0.29) is 20.9 Å². The molecule has 0 bridgehead atoms. The van der Waals surface area contributed by atoms with E-state index in [0.717, 1.165) is 6.42 Å². The molecule has 1 saturated heterocycles. The Bertz CT molecular complexity index is 332. The predicted molar refractivity (Wildman–Crippen MR) is 67.1 cm³/mol. The maximum Gasteiger partial charge on any atom is 0.522 e. The van der Waals surface area contributed by atoms with Crippen LogP contribution in [0.3, 0.4) is 0 Å². The third-order valence-corrected chi connectivity index (χ3v) is 4.64. The number of nitrogens with zero attached hydrogens (tertiary/aromatic N) is 2. The van der Waals surface area contributed by atoms with Crippen LogP contribution in [0.2, 0.25) is 0 Å². The van der Waals surface area contributed by atoms with Gasteiger partial charge in [0.05, 0.1) is 21.1 Å². The van der Waals surface area contributed by atoms with Gasteiger partial charge in [0.2, 0.25) is 5.54 Å². The second-order valence-corrected chi connectivity index (χ2v) is 6.49. The molecule has 98 valence electrons. The summed E-state index contributed by atoms with van der Waals surface area (Å²) < 4.78 is 0.0772. The van der Waals surface area contributed by atoms with E-state index in [1.807, 2.05) is 27.9 Å². The first-order chi connectivity index (χ1) is 7.51. The standard InChI is InChI=1S/C13H26N2O2/c1-8-10(2)9-15(7)11(16)13(3,4)14(5,6)12(15)17/h10H,8-9H2,1-7H3/q+2. The van der Waals surface area contributed by atoms with E-state index in [4.69, 9.17) is 0 Å². The molecule has 1 heterocycles. The summed E-state index contributed by atoms with van der Waals surface area (Å²) in [5.41, 5.74) is -0.640. The van der Waals surface area contributed by atoms with Crippen molar-refractivity contribution in [1.82, 2.24) is 0 Å². The fourth-order valence-corrected chi connectivity index (χ4v) is 2.63. The second-order valence-electron chi connectivity index (χ2n) is 6.49. The molecule has 0 saturated carbocycles. The van der Waals surface area contributed by atoms with Gasteiger partial charge in [-0.3, -0.25) is 0 Å². The van der Waals surface area contributed by atoms with Crippen molar-refractivity contribution in [2.75, 3.05) is 27.7 Å². The molecular weight excluding hydrogens is 216 g/mol. The average molecular weight is 242 g/mol. The van der Waals surface area contributed by atoms with Crippen LogP contribution in [-0.4, -0.2) is 54.1 Å². The van der Waals surface area contributed by atoms with Crippen LogP contribution in [0.1, 0.15) is 34.1 Å². The number of rotatable bonds is 3. The van der Waals surface area contributed by atoms with Gasteiger partial charge in [0.15, 0.2) is 0 Å². The Morgan fingerprint density at radius 1 is 1.18 bits per heavy atom. The monoisotopic (exact) mass is 242 g/mol. The zero-order valence-corrected chi connectivity index (χ0v) is 12.2. The number of quaternary nitrogens is 2. The highest BCUT2D eigenvalue weighted by Crippen LogP contribution is 2.37. The zero-order valence-electron chi connectivity index (χ0n) is 12.2. The van der Waals surface area contributed by atoms with Gasteiger partial charge in [-0.25, -0.2) is 4.79 Å². The van der Waals surface area contributed by atoms with Crippen molar-refractivity contribution in [3.63, 3.8) is 0 Å². The van der Waals surface area contributed by atoms with Crippen LogP contribution in [-0.2, 0) is 4.79 Å². The molecule has 0 aromatic carbocycles. The Morgan fingerprint density at radius 2 is 1.65 bits per heavy atom. The minimum atomic E-state index is -0.640. The maximum atomic E-state index is 12.6. The van der Waals surface area contributed by atoms with E-state index in [1.54, 1.807) is 7.05 Å². The van der Waals surface area contributed by atoms with Crippen LogP contribution in [0.25, 0.3) is 0 Å². The number of urea groups is 1. The molecule has 1 aliphatic heterocycles. The molecule has 0 aromatic heterocycles. The van der Waals surface area contributed by atoms with Crippen LogP contribution in [0, 0.1) is 5.92 Å². The zero-order chi connectivity index (χ0) is 13.6. The van der Waals surface area contributed by atoms with Gasteiger partial charge in [0.25, 0.3) is 0 Å². The van der Waals surface area contributed by atoms with Gasteiger partial charge in [-0.05, 0) is 6.42 Å². The first-order valence-electron chi connectivity index (χ1n) is 6.31. The van der Waals surface area contributed by atoms with Crippen LogP contribution < -0.4 is 0 Å². The number of carbonyl (C=O) groups is 2. The van der Waals surface area contributed by atoms with Crippen LogP contribution in [0.5, 0.6) is 0 Å². The van der Waals surface area contributed by atoms with Crippen LogP contribution in [0.4, 0.5) is 4.79 Å². The lowest BCUT2D eigenvalue weighted by Gasteiger charge is -2.28. The van der Waals surface area contributed by atoms with Crippen molar-refractivity contribution in [3.8, 4) is 0 Å². The van der Waals surface area contributed by atoms with Gasteiger partial charge < -0.3 is 0 Å². The van der Waals surface area contributed by atoms with Gasteiger partial charge in [-0.15, -0.1) is 4.48 Å². The molecule has 0 radical (unpaired) electrons. The lowest BCUT2D eigenvalue weighted by molar-refractivity contribution is -0.890. The van der Waals surface area contributed by atoms with Gasteiger partial charge in [0, 0.05) is 19.8 Å². The summed E-state index contributed by atoms with van der Waals surface area (Å²) in [6, 6.07) is 0.000278. The number of hydrogen-bond donors (Lipinski definition) is 0. The minimum absolute atomic E-state index is 0.000278. The largest absolute Gasteiger partial charge is 0.522 e. The third-order valence-electron chi connectivity index (χ3n) is 4.64. The molecule has 0 spiro atoms. The topological polar surface area (TPSA) is 34.1 Å². The molecule has 4 nitrogen and oxygen atoms in total. The summed E-state index contributed by atoms with van der Waals surface area (Å²) in [6.45, 7) is 8.53. The third kappa shape index (κ3) is 1.74. The van der Waals surface area contributed by atoms with Gasteiger partial charge in [0.1, 0.15) is 6.54 Å². The molecule has 3 amide bonds. The van der Waals surface area contributed by atoms with Crippen molar-refractivity contribution >= 4 is 11.9 Å². The molecule has 17 heavy (non-hydrogen) atoms. The summed E-state index contributed by atoms with van der Waals surface area (Å²) in [4.78, 5) is 25.1. The Kier molecular flexibility index (Phi) is 3.27. The maximum absolute atomic E-state index is 12.6. The molecule has 2 atom stereocenters. The smallest absolute Gasteiger partial charge is 0.223 e. The number of carbonyl (C=O) groups excluding carboxylic acids is 2. The first kappa shape index (κ1) is 14.3. The molecule has 0 N–H and O–H groups in total. The van der Waals surface area contributed by atoms with Crippen molar-refractivity contribution in [2.24, 2.45) is 5.92 Å². The lowest BCUT2D eigenvalue weighted by atomic mass is 10.0. The first-order valence-corrected chi connectivity index (χ1v) is 6.31. The summed E-state index contributed by atoms with van der Waals surface area (Å²) in [7, 11) is 5.44. The van der Waals surface area contributed by atoms with Crippen molar-refractivity contribution < 1.29 is 18.6 Å². The van der Waals surface area contributed by atoms with E-state index in [9.17, 15) is 9.59 Å². The van der Waals surface area contributed by atoms with Crippen molar-refractivity contribution in [3.05, 3.63) is 0 Å². The van der Waals surface area contributed by atoms with Crippen molar-refractivity contribution in [2.45, 2.75) is 39.7 Å². The van der Waals surface area contributed by atoms with E-state index >= 15 is 0 Å². The van der Waals surface area contributed by atoms with E-state index in [1.165, 1.54) is 0 Å². The number of hydrogen-bond acceptors (Lipinski definition) is 2.